The van der Waals surface area contributed by atoms with Gasteiger partial charge in [0.25, 0.3) is 0 Å². The summed E-state index contributed by atoms with van der Waals surface area (Å²) in [5.41, 5.74) is 0.808. The van der Waals surface area contributed by atoms with Crippen LogP contribution in [0.15, 0.2) is 24.3 Å². The molecule has 2 rings (SSSR count). The van der Waals surface area contributed by atoms with Gasteiger partial charge in [0, 0.05) is 12.0 Å². The quantitative estimate of drug-likeness (QED) is 0.775. The van der Waals surface area contributed by atoms with Crippen molar-refractivity contribution < 1.29 is 9.53 Å². The molecule has 1 aliphatic rings. The van der Waals surface area contributed by atoms with Crippen LogP contribution in [-0.2, 0) is 0 Å². The summed E-state index contributed by atoms with van der Waals surface area (Å²) < 4.78 is 5.53. The standard InChI is InChI=1S/C17H25NO2/c1-2-13-20-16-6-4-15(5-7-16)17(19)8-3-14-9-11-18-12-10-14/h4-7,14,18H,2-3,8-13H2,1H3. The van der Waals surface area contributed by atoms with Gasteiger partial charge < -0.3 is 10.1 Å². The average molecular weight is 275 g/mol. The van der Waals surface area contributed by atoms with Crippen LogP contribution in [0.3, 0.4) is 0 Å². The second kappa shape index (κ2) is 8.05. The number of rotatable bonds is 7. The Morgan fingerprint density at radius 3 is 2.60 bits per heavy atom. The Labute approximate surface area is 121 Å². The minimum absolute atomic E-state index is 0.255. The van der Waals surface area contributed by atoms with Gasteiger partial charge in [-0.05, 0) is 69.0 Å². The van der Waals surface area contributed by atoms with E-state index in [1.54, 1.807) is 0 Å². The van der Waals surface area contributed by atoms with Crippen LogP contribution in [0.1, 0.15) is 49.4 Å². The zero-order chi connectivity index (χ0) is 14.2. The van der Waals surface area contributed by atoms with Crippen LogP contribution < -0.4 is 10.1 Å². The Kier molecular flexibility index (Phi) is 6.06. The molecule has 1 aromatic rings. The number of hydrogen-bond donors (Lipinski definition) is 1. The number of ketones is 1. The summed E-state index contributed by atoms with van der Waals surface area (Å²) in [5.74, 6) is 1.82. The van der Waals surface area contributed by atoms with Gasteiger partial charge in [-0.25, -0.2) is 0 Å². The van der Waals surface area contributed by atoms with Crippen LogP contribution in [0.25, 0.3) is 0 Å². The highest BCUT2D eigenvalue weighted by molar-refractivity contribution is 5.96. The maximum atomic E-state index is 12.2. The summed E-state index contributed by atoms with van der Waals surface area (Å²) in [6.07, 6.45) is 5.10. The highest BCUT2D eigenvalue weighted by Crippen LogP contribution is 2.20. The maximum Gasteiger partial charge on any atom is 0.162 e. The predicted octanol–water partition coefficient (Wildman–Crippen LogP) is 3.44. The summed E-state index contributed by atoms with van der Waals surface area (Å²) in [7, 11) is 0. The molecule has 1 fully saturated rings. The maximum absolute atomic E-state index is 12.2. The number of ether oxygens (including phenoxy) is 1. The van der Waals surface area contributed by atoms with Crippen molar-refractivity contribution >= 4 is 5.78 Å². The molecule has 0 unspecified atom stereocenters. The van der Waals surface area contributed by atoms with Crippen LogP contribution in [0.5, 0.6) is 5.75 Å². The molecule has 0 aromatic heterocycles. The van der Waals surface area contributed by atoms with Crippen LogP contribution in [0.2, 0.25) is 0 Å². The van der Waals surface area contributed by atoms with Gasteiger partial charge in [-0.1, -0.05) is 6.92 Å². The molecule has 0 amide bonds. The van der Waals surface area contributed by atoms with Gasteiger partial charge >= 0.3 is 0 Å². The summed E-state index contributed by atoms with van der Waals surface area (Å²) in [5, 5.41) is 3.36. The molecule has 110 valence electrons. The van der Waals surface area contributed by atoms with Crippen molar-refractivity contribution in [1.29, 1.82) is 0 Å². The van der Waals surface area contributed by atoms with Crippen molar-refractivity contribution in [2.24, 2.45) is 5.92 Å². The normalized spacial score (nSPS) is 16.1. The van der Waals surface area contributed by atoms with E-state index in [1.807, 2.05) is 24.3 Å². The Bertz CT molecular complexity index is 408. The van der Waals surface area contributed by atoms with E-state index in [0.717, 1.165) is 43.9 Å². The molecule has 1 heterocycles. The number of benzene rings is 1. The van der Waals surface area contributed by atoms with E-state index in [4.69, 9.17) is 4.74 Å². The molecule has 1 aliphatic heterocycles. The Morgan fingerprint density at radius 1 is 1.25 bits per heavy atom. The van der Waals surface area contributed by atoms with Gasteiger partial charge in [0.05, 0.1) is 6.61 Å². The molecular formula is C17H25NO2. The molecule has 0 radical (unpaired) electrons. The third-order valence-electron chi connectivity index (χ3n) is 3.89. The van der Waals surface area contributed by atoms with Crippen LogP contribution >= 0.6 is 0 Å². The van der Waals surface area contributed by atoms with Gasteiger partial charge in [-0.2, -0.15) is 0 Å². The van der Waals surface area contributed by atoms with E-state index in [9.17, 15) is 4.79 Å². The first-order valence-corrected chi connectivity index (χ1v) is 7.76. The van der Waals surface area contributed by atoms with Crippen molar-refractivity contribution in [3.8, 4) is 5.75 Å². The molecule has 3 nitrogen and oxygen atoms in total. The fourth-order valence-corrected chi connectivity index (χ4v) is 2.61. The first kappa shape index (κ1) is 15.0. The molecule has 0 aliphatic carbocycles. The second-order valence-corrected chi connectivity index (χ2v) is 5.53. The highest BCUT2D eigenvalue weighted by Gasteiger charge is 2.15. The zero-order valence-corrected chi connectivity index (χ0v) is 12.4. The van der Waals surface area contributed by atoms with Crippen LogP contribution in [-0.4, -0.2) is 25.5 Å². The first-order valence-electron chi connectivity index (χ1n) is 7.76. The number of hydrogen-bond acceptors (Lipinski definition) is 3. The summed E-state index contributed by atoms with van der Waals surface area (Å²) in [4.78, 5) is 12.2. The van der Waals surface area contributed by atoms with Crippen molar-refractivity contribution in [1.82, 2.24) is 5.32 Å². The largest absolute Gasteiger partial charge is 0.494 e. The minimum Gasteiger partial charge on any atom is -0.494 e. The smallest absolute Gasteiger partial charge is 0.162 e. The molecule has 0 bridgehead atoms. The number of nitrogens with one attached hydrogen (secondary N) is 1. The van der Waals surface area contributed by atoms with Crippen LogP contribution in [0.4, 0.5) is 0 Å². The number of carbonyl (C=O) groups is 1. The van der Waals surface area contributed by atoms with Crippen molar-refractivity contribution in [2.75, 3.05) is 19.7 Å². The molecule has 3 heteroatoms. The zero-order valence-electron chi connectivity index (χ0n) is 12.4. The summed E-state index contributed by atoms with van der Waals surface area (Å²) in [6, 6.07) is 7.56. The SMILES string of the molecule is CCCOc1ccc(C(=O)CCC2CCNCC2)cc1. The minimum atomic E-state index is 0.255. The second-order valence-electron chi connectivity index (χ2n) is 5.53. The fraction of sp³-hybridized carbons (Fsp3) is 0.588. The predicted molar refractivity (Wildman–Crippen MR) is 81.4 cm³/mol. The van der Waals surface area contributed by atoms with Gasteiger partial charge in [0.1, 0.15) is 5.75 Å². The van der Waals surface area contributed by atoms with E-state index in [-0.39, 0.29) is 5.78 Å². The molecule has 0 spiro atoms. The van der Waals surface area contributed by atoms with Crippen molar-refractivity contribution in [2.45, 2.75) is 39.0 Å². The lowest BCUT2D eigenvalue weighted by molar-refractivity contribution is 0.0971. The van der Waals surface area contributed by atoms with Crippen molar-refractivity contribution in [3.05, 3.63) is 29.8 Å². The van der Waals surface area contributed by atoms with Crippen molar-refractivity contribution in [3.63, 3.8) is 0 Å². The molecular weight excluding hydrogens is 250 g/mol. The highest BCUT2D eigenvalue weighted by atomic mass is 16.5. The van der Waals surface area contributed by atoms with E-state index in [2.05, 4.69) is 12.2 Å². The lowest BCUT2D eigenvalue weighted by Crippen LogP contribution is -2.27. The Morgan fingerprint density at radius 2 is 1.95 bits per heavy atom. The molecule has 20 heavy (non-hydrogen) atoms. The van der Waals surface area contributed by atoms with Gasteiger partial charge in [-0.15, -0.1) is 0 Å². The topological polar surface area (TPSA) is 38.3 Å². The lowest BCUT2D eigenvalue weighted by Gasteiger charge is -2.22. The van der Waals surface area contributed by atoms with E-state index >= 15 is 0 Å². The average Bonchev–Trinajstić information content (AvgIpc) is 2.52. The summed E-state index contributed by atoms with van der Waals surface area (Å²) >= 11 is 0. The van der Waals surface area contributed by atoms with Crippen LogP contribution in [0, 0.1) is 5.92 Å². The van der Waals surface area contributed by atoms with Gasteiger partial charge in [0.2, 0.25) is 0 Å². The molecule has 1 saturated heterocycles. The summed E-state index contributed by atoms with van der Waals surface area (Å²) in [6.45, 7) is 5.01. The van der Waals surface area contributed by atoms with E-state index < -0.39 is 0 Å². The number of Topliss-reactive ketones (excluding diaryl/α,β-unsaturated/α-hetero) is 1. The monoisotopic (exact) mass is 275 g/mol. The van der Waals surface area contributed by atoms with Gasteiger partial charge in [0.15, 0.2) is 5.78 Å². The third-order valence-corrected chi connectivity index (χ3v) is 3.89. The van der Waals surface area contributed by atoms with Gasteiger partial charge in [-0.3, -0.25) is 4.79 Å². The first-order chi connectivity index (χ1) is 9.79. The Hall–Kier alpha value is -1.35. The molecule has 0 saturated carbocycles. The third kappa shape index (κ3) is 4.64. The molecule has 1 N–H and O–H groups in total. The van der Waals surface area contributed by atoms with E-state index in [0.29, 0.717) is 12.3 Å². The fourth-order valence-electron chi connectivity index (χ4n) is 2.61. The molecule has 1 aromatic carbocycles. The number of carbonyl (C=O) groups excluding carboxylic acids is 1. The van der Waals surface area contributed by atoms with E-state index in [1.165, 1.54) is 12.8 Å². The number of piperidine rings is 1. The Balaban J connectivity index is 1.79. The molecule has 0 atom stereocenters. The lowest BCUT2D eigenvalue weighted by atomic mass is 9.91.